The predicted molar refractivity (Wildman–Crippen MR) is 143 cm³/mol. The summed E-state index contributed by atoms with van der Waals surface area (Å²) in [7, 11) is 1.67. The van der Waals surface area contributed by atoms with Crippen LogP contribution in [0.3, 0.4) is 0 Å². The molecule has 7 nitrogen and oxygen atoms in total. The summed E-state index contributed by atoms with van der Waals surface area (Å²) in [5.41, 5.74) is 5.26. The van der Waals surface area contributed by atoms with Gasteiger partial charge in [-0.2, -0.15) is 0 Å². The number of methoxy groups -OCH3 is 1. The van der Waals surface area contributed by atoms with Gasteiger partial charge < -0.3 is 14.4 Å². The molecule has 0 amide bonds. The number of aromatic nitrogens is 3. The zero-order valence-electron chi connectivity index (χ0n) is 21.5. The van der Waals surface area contributed by atoms with Crippen LogP contribution in [0.4, 0.5) is 5.69 Å². The Kier molecular flexibility index (Phi) is 7.67. The molecule has 0 saturated carbocycles. The molecule has 2 aromatic carbocycles. The van der Waals surface area contributed by atoms with Gasteiger partial charge in [-0.05, 0) is 68.0 Å². The number of anilines is 1. The van der Waals surface area contributed by atoms with E-state index < -0.39 is 0 Å². The normalized spacial score (nSPS) is 20.3. The second-order valence-electron chi connectivity index (χ2n) is 9.87. The van der Waals surface area contributed by atoms with Gasteiger partial charge in [0.1, 0.15) is 11.5 Å². The lowest BCUT2D eigenvalue weighted by Crippen LogP contribution is -2.56. The second-order valence-corrected chi connectivity index (χ2v) is 10.3. The van der Waals surface area contributed by atoms with Crippen LogP contribution >= 0.6 is 11.6 Å². The number of aryl methyl sites for hydroxylation is 1. The molecule has 3 heterocycles. The molecule has 0 spiro atoms. The fourth-order valence-electron chi connectivity index (χ4n) is 5.76. The van der Waals surface area contributed by atoms with Crippen molar-refractivity contribution in [2.75, 3.05) is 38.3 Å². The van der Waals surface area contributed by atoms with Gasteiger partial charge >= 0.3 is 0 Å². The van der Waals surface area contributed by atoms with Gasteiger partial charge in [0.25, 0.3) is 0 Å². The Balaban J connectivity index is 1.25. The van der Waals surface area contributed by atoms with Gasteiger partial charge in [0, 0.05) is 62.6 Å². The average Bonchev–Trinajstić information content (AvgIpc) is 3.42. The zero-order valence-corrected chi connectivity index (χ0v) is 22.2. The predicted octanol–water partition coefficient (Wildman–Crippen LogP) is 5.44. The summed E-state index contributed by atoms with van der Waals surface area (Å²) in [6, 6.07) is 11.6. The summed E-state index contributed by atoms with van der Waals surface area (Å²) in [4.78, 5) is 5.23. The van der Waals surface area contributed by atoms with E-state index in [1.807, 2.05) is 16.9 Å². The topological polar surface area (TPSA) is 55.7 Å². The summed E-state index contributed by atoms with van der Waals surface area (Å²) < 4.78 is 13.4. The number of benzene rings is 2. The summed E-state index contributed by atoms with van der Waals surface area (Å²) in [6.07, 6.45) is 8.19. The first-order chi connectivity index (χ1) is 17.5. The van der Waals surface area contributed by atoms with Crippen LogP contribution in [0, 0.1) is 13.8 Å². The van der Waals surface area contributed by atoms with Crippen molar-refractivity contribution in [3.8, 4) is 11.5 Å². The quantitative estimate of drug-likeness (QED) is 0.377. The SMILES string of the molecule is COc1cc(N2CCN3[C@@H](CCC[C@@H]3c3ccc(OCCCn4ccnn4)c(C)c3C)C2)ccc1Cl. The highest BCUT2D eigenvalue weighted by atomic mass is 35.5. The van der Waals surface area contributed by atoms with E-state index in [1.54, 1.807) is 13.3 Å². The monoisotopic (exact) mass is 509 g/mol. The van der Waals surface area contributed by atoms with Crippen molar-refractivity contribution in [3.63, 3.8) is 0 Å². The van der Waals surface area contributed by atoms with Crippen molar-refractivity contribution in [1.29, 1.82) is 0 Å². The van der Waals surface area contributed by atoms with Crippen molar-refractivity contribution in [2.24, 2.45) is 0 Å². The van der Waals surface area contributed by atoms with Crippen molar-refractivity contribution >= 4 is 17.3 Å². The first kappa shape index (κ1) is 24.9. The maximum atomic E-state index is 6.26. The molecule has 1 aromatic heterocycles. The van der Waals surface area contributed by atoms with Crippen LogP contribution in [0.2, 0.25) is 5.02 Å². The fourth-order valence-corrected chi connectivity index (χ4v) is 5.95. The molecule has 0 N–H and O–H groups in total. The van der Waals surface area contributed by atoms with Gasteiger partial charge in [0.05, 0.1) is 24.9 Å². The third kappa shape index (κ3) is 5.18. The fraction of sp³-hybridized carbons (Fsp3) is 0.500. The van der Waals surface area contributed by atoms with Crippen LogP contribution in [0.5, 0.6) is 11.5 Å². The number of nitrogens with zero attached hydrogens (tertiary/aromatic N) is 5. The van der Waals surface area contributed by atoms with E-state index in [2.05, 4.69) is 58.2 Å². The maximum absolute atomic E-state index is 6.26. The van der Waals surface area contributed by atoms with Gasteiger partial charge in [-0.15, -0.1) is 5.10 Å². The van der Waals surface area contributed by atoms with Crippen molar-refractivity contribution in [1.82, 2.24) is 19.9 Å². The average molecular weight is 510 g/mol. The maximum Gasteiger partial charge on any atom is 0.139 e. The first-order valence-corrected chi connectivity index (χ1v) is 13.3. The highest BCUT2D eigenvalue weighted by Crippen LogP contribution is 2.40. The van der Waals surface area contributed by atoms with Crippen molar-refractivity contribution in [3.05, 3.63) is 64.4 Å². The summed E-state index contributed by atoms with van der Waals surface area (Å²) >= 11 is 6.26. The van der Waals surface area contributed by atoms with E-state index in [-0.39, 0.29) is 0 Å². The van der Waals surface area contributed by atoms with E-state index >= 15 is 0 Å². The van der Waals surface area contributed by atoms with E-state index in [9.17, 15) is 0 Å². The molecule has 5 rings (SSSR count). The lowest BCUT2D eigenvalue weighted by Gasteiger charge is -2.49. The van der Waals surface area contributed by atoms with E-state index in [4.69, 9.17) is 21.1 Å². The molecule has 2 atom stereocenters. The van der Waals surface area contributed by atoms with Gasteiger partial charge in [-0.25, -0.2) is 0 Å². The minimum absolute atomic E-state index is 0.464. The minimum Gasteiger partial charge on any atom is -0.495 e. The number of hydrogen-bond acceptors (Lipinski definition) is 6. The zero-order chi connectivity index (χ0) is 25.1. The molecule has 0 aliphatic carbocycles. The molecule has 8 heteroatoms. The van der Waals surface area contributed by atoms with E-state index in [0.717, 1.165) is 44.1 Å². The van der Waals surface area contributed by atoms with Crippen LogP contribution in [-0.2, 0) is 6.54 Å². The molecule has 2 aliphatic heterocycles. The highest BCUT2D eigenvalue weighted by molar-refractivity contribution is 6.32. The molecule has 2 aliphatic rings. The number of fused-ring (bicyclic) bond motifs is 1. The van der Waals surface area contributed by atoms with Gasteiger partial charge in [0.2, 0.25) is 0 Å². The minimum atomic E-state index is 0.464. The molecule has 2 saturated heterocycles. The van der Waals surface area contributed by atoms with Crippen molar-refractivity contribution in [2.45, 2.75) is 58.2 Å². The van der Waals surface area contributed by atoms with E-state index in [0.29, 0.717) is 23.7 Å². The Morgan fingerprint density at radius 1 is 1.06 bits per heavy atom. The molecule has 3 aromatic rings. The highest BCUT2D eigenvalue weighted by Gasteiger charge is 2.36. The Morgan fingerprint density at radius 2 is 1.94 bits per heavy atom. The molecule has 2 fully saturated rings. The van der Waals surface area contributed by atoms with Gasteiger partial charge in [0.15, 0.2) is 0 Å². The number of ether oxygens (including phenoxy) is 2. The largest absolute Gasteiger partial charge is 0.495 e. The molecule has 0 radical (unpaired) electrons. The summed E-state index contributed by atoms with van der Waals surface area (Å²) in [5, 5.41) is 8.53. The molecule has 0 bridgehead atoms. The molecular formula is C28H36ClN5O2. The van der Waals surface area contributed by atoms with Gasteiger partial charge in [-0.3, -0.25) is 9.58 Å². The third-order valence-electron chi connectivity index (χ3n) is 7.84. The standard InChI is InChI=1S/C28H36ClN5O2/c1-20-21(2)27(36-17-5-13-33-14-12-30-31-33)11-9-24(20)26-7-4-6-23-19-32(15-16-34(23)26)22-8-10-25(29)28(18-22)35-3/h8-12,14,18,23,26H,4-7,13,15-17,19H2,1-3H3/t23-,26+/m0/s1. The van der Waals surface area contributed by atoms with E-state index in [1.165, 1.54) is 41.6 Å². The lowest BCUT2D eigenvalue weighted by atomic mass is 9.86. The number of hydrogen-bond donors (Lipinski definition) is 0. The summed E-state index contributed by atoms with van der Waals surface area (Å²) in [6.45, 7) is 9.02. The Morgan fingerprint density at radius 3 is 2.75 bits per heavy atom. The number of rotatable bonds is 8. The van der Waals surface area contributed by atoms with Crippen molar-refractivity contribution < 1.29 is 9.47 Å². The van der Waals surface area contributed by atoms with Crippen LogP contribution in [0.25, 0.3) is 0 Å². The Hall–Kier alpha value is -2.77. The Bertz CT molecular complexity index is 1170. The number of halogens is 1. The molecule has 192 valence electrons. The first-order valence-electron chi connectivity index (χ1n) is 13.0. The van der Waals surface area contributed by atoms with Gasteiger partial charge in [-0.1, -0.05) is 22.9 Å². The molecule has 36 heavy (non-hydrogen) atoms. The van der Waals surface area contributed by atoms with Crippen LogP contribution in [-0.4, -0.2) is 59.3 Å². The number of piperazine rings is 1. The van der Waals surface area contributed by atoms with Crippen LogP contribution < -0.4 is 14.4 Å². The molecular weight excluding hydrogens is 474 g/mol. The Labute approximate surface area is 218 Å². The summed E-state index contributed by atoms with van der Waals surface area (Å²) in [5.74, 6) is 1.73. The second kappa shape index (κ2) is 11.1. The smallest absolute Gasteiger partial charge is 0.139 e. The molecule has 0 unspecified atom stereocenters. The third-order valence-corrected chi connectivity index (χ3v) is 8.16. The van der Waals surface area contributed by atoms with Crippen LogP contribution in [0.15, 0.2) is 42.7 Å². The number of piperidine rings is 1. The lowest BCUT2D eigenvalue weighted by molar-refractivity contribution is 0.0712. The van der Waals surface area contributed by atoms with Crippen LogP contribution in [0.1, 0.15) is 48.4 Å².